The summed E-state index contributed by atoms with van der Waals surface area (Å²) in [4.78, 5) is 4.42. The standard InChI is InChI=1S/C12H13ClFN3/c1-3-10-16-11(12(15)17(10)2)8-5-4-7(14)6-9(8)13/h4-6H,3,15H2,1-2H3. The van der Waals surface area contributed by atoms with Crippen LogP contribution in [0.1, 0.15) is 12.7 Å². The number of hydrogen-bond acceptors (Lipinski definition) is 2. The normalized spacial score (nSPS) is 10.8. The summed E-state index contributed by atoms with van der Waals surface area (Å²) in [7, 11) is 1.85. The first-order chi connectivity index (χ1) is 8.04. The molecule has 1 aromatic carbocycles. The molecular weight excluding hydrogens is 241 g/mol. The predicted octanol–water partition coefficient (Wildman–Crippen LogP) is 3.02. The van der Waals surface area contributed by atoms with Gasteiger partial charge < -0.3 is 10.3 Å². The molecule has 3 nitrogen and oxygen atoms in total. The van der Waals surface area contributed by atoms with Gasteiger partial charge in [-0.25, -0.2) is 9.37 Å². The van der Waals surface area contributed by atoms with E-state index in [1.54, 1.807) is 6.07 Å². The summed E-state index contributed by atoms with van der Waals surface area (Å²) in [5, 5.41) is 0.317. The lowest BCUT2D eigenvalue weighted by Gasteiger charge is -2.03. The Morgan fingerprint density at radius 1 is 1.47 bits per heavy atom. The molecule has 1 aromatic heterocycles. The SMILES string of the molecule is CCc1nc(-c2ccc(F)cc2Cl)c(N)n1C. The molecular formula is C12H13ClFN3. The van der Waals surface area contributed by atoms with Crippen LogP contribution in [0.4, 0.5) is 10.2 Å². The van der Waals surface area contributed by atoms with Gasteiger partial charge in [-0.15, -0.1) is 0 Å². The van der Waals surface area contributed by atoms with Crippen molar-refractivity contribution < 1.29 is 4.39 Å². The van der Waals surface area contributed by atoms with E-state index in [1.165, 1.54) is 12.1 Å². The van der Waals surface area contributed by atoms with Gasteiger partial charge in [0.1, 0.15) is 23.2 Å². The Bertz CT molecular complexity index is 563. The molecule has 0 radical (unpaired) electrons. The van der Waals surface area contributed by atoms with Crippen LogP contribution in [0, 0.1) is 5.82 Å². The number of nitrogens with two attached hydrogens (primary N) is 1. The zero-order valence-electron chi connectivity index (χ0n) is 9.67. The highest BCUT2D eigenvalue weighted by Gasteiger charge is 2.15. The van der Waals surface area contributed by atoms with Gasteiger partial charge in [0.2, 0.25) is 0 Å². The van der Waals surface area contributed by atoms with E-state index in [4.69, 9.17) is 17.3 Å². The van der Waals surface area contributed by atoms with Crippen molar-refractivity contribution in [2.45, 2.75) is 13.3 Å². The van der Waals surface area contributed by atoms with Crippen LogP contribution in [0.5, 0.6) is 0 Å². The summed E-state index contributed by atoms with van der Waals surface area (Å²) in [6, 6.07) is 4.20. The molecule has 0 bridgehead atoms. The quantitative estimate of drug-likeness (QED) is 0.894. The van der Waals surface area contributed by atoms with Crippen molar-refractivity contribution in [1.29, 1.82) is 0 Å². The molecule has 0 saturated carbocycles. The fourth-order valence-corrected chi connectivity index (χ4v) is 2.01. The number of aryl methyl sites for hydroxylation is 1. The molecule has 0 aliphatic heterocycles. The van der Waals surface area contributed by atoms with Gasteiger partial charge in [0.25, 0.3) is 0 Å². The summed E-state index contributed by atoms with van der Waals surface area (Å²) in [6.07, 6.45) is 0.777. The predicted molar refractivity (Wildman–Crippen MR) is 67.4 cm³/mol. The first-order valence-corrected chi connectivity index (χ1v) is 5.68. The fraction of sp³-hybridized carbons (Fsp3) is 0.250. The van der Waals surface area contributed by atoms with Gasteiger partial charge in [-0.1, -0.05) is 18.5 Å². The van der Waals surface area contributed by atoms with E-state index in [0.29, 0.717) is 22.1 Å². The number of halogens is 2. The van der Waals surface area contributed by atoms with E-state index < -0.39 is 0 Å². The van der Waals surface area contributed by atoms with Crippen molar-refractivity contribution in [1.82, 2.24) is 9.55 Å². The van der Waals surface area contributed by atoms with Crippen molar-refractivity contribution >= 4 is 17.4 Å². The lowest BCUT2D eigenvalue weighted by Crippen LogP contribution is -2.00. The Morgan fingerprint density at radius 3 is 2.71 bits per heavy atom. The van der Waals surface area contributed by atoms with Crippen LogP contribution < -0.4 is 5.73 Å². The molecule has 5 heteroatoms. The monoisotopic (exact) mass is 253 g/mol. The first kappa shape index (κ1) is 11.9. The summed E-state index contributed by atoms with van der Waals surface area (Å²) in [5.41, 5.74) is 7.23. The second-order valence-electron chi connectivity index (χ2n) is 3.80. The number of imidazole rings is 1. The lowest BCUT2D eigenvalue weighted by atomic mass is 10.1. The van der Waals surface area contributed by atoms with Gasteiger partial charge in [-0.05, 0) is 18.2 Å². The maximum absolute atomic E-state index is 13.0. The summed E-state index contributed by atoms with van der Waals surface area (Å²) < 4.78 is 14.8. The van der Waals surface area contributed by atoms with E-state index in [9.17, 15) is 4.39 Å². The molecule has 2 aromatic rings. The molecule has 17 heavy (non-hydrogen) atoms. The third kappa shape index (κ3) is 2.00. The molecule has 0 amide bonds. The molecule has 1 heterocycles. The zero-order valence-corrected chi connectivity index (χ0v) is 10.4. The van der Waals surface area contributed by atoms with Crippen molar-refractivity contribution in [3.05, 3.63) is 34.9 Å². The second-order valence-corrected chi connectivity index (χ2v) is 4.21. The lowest BCUT2D eigenvalue weighted by molar-refractivity contribution is 0.628. The molecule has 0 aliphatic rings. The minimum atomic E-state index is -0.371. The average molecular weight is 254 g/mol. The topological polar surface area (TPSA) is 43.8 Å². The van der Waals surface area contributed by atoms with Crippen molar-refractivity contribution in [2.24, 2.45) is 7.05 Å². The molecule has 0 saturated heterocycles. The van der Waals surface area contributed by atoms with Crippen LogP contribution >= 0.6 is 11.6 Å². The molecule has 0 spiro atoms. The molecule has 90 valence electrons. The van der Waals surface area contributed by atoms with Gasteiger partial charge in [-0.2, -0.15) is 0 Å². The highest BCUT2D eigenvalue weighted by Crippen LogP contribution is 2.32. The number of rotatable bonds is 2. The number of aromatic nitrogens is 2. The smallest absolute Gasteiger partial charge is 0.131 e. The van der Waals surface area contributed by atoms with Crippen LogP contribution in [0.2, 0.25) is 5.02 Å². The van der Waals surface area contributed by atoms with E-state index >= 15 is 0 Å². The second kappa shape index (κ2) is 4.37. The summed E-state index contributed by atoms with van der Waals surface area (Å²) in [6.45, 7) is 2.00. The van der Waals surface area contributed by atoms with E-state index in [2.05, 4.69) is 4.98 Å². The van der Waals surface area contributed by atoms with E-state index in [1.807, 2.05) is 18.5 Å². The van der Waals surface area contributed by atoms with Gasteiger partial charge in [0, 0.05) is 19.0 Å². The minimum absolute atomic E-state index is 0.317. The Hall–Kier alpha value is -1.55. The third-order valence-electron chi connectivity index (χ3n) is 2.73. The Labute approximate surface area is 104 Å². The largest absolute Gasteiger partial charge is 0.383 e. The van der Waals surface area contributed by atoms with Crippen LogP contribution in [0.25, 0.3) is 11.3 Å². The van der Waals surface area contributed by atoms with Crippen molar-refractivity contribution in [3.8, 4) is 11.3 Å². The minimum Gasteiger partial charge on any atom is -0.383 e. The molecule has 2 rings (SSSR count). The summed E-state index contributed by atoms with van der Waals surface area (Å²) in [5.74, 6) is 1.04. The van der Waals surface area contributed by atoms with Crippen LogP contribution in [0.15, 0.2) is 18.2 Å². The maximum atomic E-state index is 13.0. The third-order valence-corrected chi connectivity index (χ3v) is 3.05. The number of anilines is 1. The first-order valence-electron chi connectivity index (χ1n) is 5.31. The number of nitrogen functional groups attached to an aromatic ring is 1. The number of benzene rings is 1. The van der Waals surface area contributed by atoms with Crippen LogP contribution in [-0.4, -0.2) is 9.55 Å². The van der Waals surface area contributed by atoms with Crippen LogP contribution in [0.3, 0.4) is 0 Å². The van der Waals surface area contributed by atoms with Gasteiger partial charge in [0.05, 0.1) is 5.02 Å². The number of hydrogen-bond donors (Lipinski definition) is 1. The van der Waals surface area contributed by atoms with Gasteiger partial charge >= 0.3 is 0 Å². The zero-order chi connectivity index (χ0) is 12.6. The fourth-order valence-electron chi connectivity index (χ4n) is 1.76. The van der Waals surface area contributed by atoms with Gasteiger partial charge in [0.15, 0.2) is 0 Å². The number of nitrogens with zero attached hydrogens (tertiary/aromatic N) is 2. The maximum Gasteiger partial charge on any atom is 0.131 e. The molecule has 0 fully saturated rings. The molecule has 0 unspecified atom stereocenters. The van der Waals surface area contributed by atoms with E-state index in [-0.39, 0.29) is 5.82 Å². The van der Waals surface area contributed by atoms with Gasteiger partial charge in [-0.3, -0.25) is 0 Å². The van der Waals surface area contributed by atoms with Crippen molar-refractivity contribution in [2.75, 3.05) is 5.73 Å². The van der Waals surface area contributed by atoms with Crippen LogP contribution in [-0.2, 0) is 13.5 Å². The van der Waals surface area contributed by atoms with Crippen molar-refractivity contribution in [3.63, 3.8) is 0 Å². The Kier molecular flexibility index (Phi) is 3.07. The Morgan fingerprint density at radius 2 is 2.18 bits per heavy atom. The summed E-state index contributed by atoms with van der Waals surface area (Å²) >= 11 is 6.00. The molecule has 2 N–H and O–H groups in total. The van der Waals surface area contributed by atoms with E-state index in [0.717, 1.165) is 12.2 Å². The highest BCUT2D eigenvalue weighted by molar-refractivity contribution is 6.33. The highest BCUT2D eigenvalue weighted by atomic mass is 35.5. The Balaban J connectivity index is 2.60. The average Bonchev–Trinajstić information content (AvgIpc) is 2.57. The molecule has 0 aliphatic carbocycles. The molecule has 0 atom stereocenters.